The van der Waals surface area contributed by atoms with Gasteiger partial charge in [0.25, 0.3) is 0 Å². The first-order valence-corrected chi connectivity index (χ1v) is 8.84. The van der Waals surface area contributed by atoms with E-state index in [0.717, 1.165) is 10.9 Å². The number of hydrogen-bond donors (Lipinski definition) is 3. The SMILES string of the molecule is COc1cccc(OC[C@H](O)CNc2nc(CCN)nc3ccccc23)c1. The Morgan fingerprint density at radius 1 is 1.11 bits per heavy atom. The zero-order valence-electron chi connectivity index (χ0n) is 15.3. The highest BCUT2D eigenvalue weighted by molar-refractivity contribution is 5.88. The number of methoxy groups -OCH3 is 1. The summed E-state index contributed by atoms with van der Waals surface area (Å²) in [7, 11) is 1.60. The van der Waals surface area contributed by atoms with Crippen LogP contribution in [0.15, 0.2) is 48.5 Å². The van der Waals surface area contributed by atoms with Crippen molar-refractivity contribution in [2.75, 3.05) is 32.1 Å². The Morgan fingerprint density at radius 3 is 2.74 bits per heavy atom. The number of nitrogens with one attached hydrogen (secondary N) is 1. The van der Waals surface area contributed by atoms with Crippen molar-refractivity contribution in [2.45, 2.75) is 12.5 Å². The molecule has 0 unspecified atom stereocenters. The summed E-state index contributed by atoms with van der Waals surface area (Å²) in [4.78, 5) is 9.05. The van der Waals surface area contributed by atoms with E-state index < -0.39 is 6.10 Å². The van der Waals surface area contributed by atoms with E-state index in [1.54, 1.807) is 13.2 Å². The van der Waals surface area contributed by atoms with Crippen LogP contribution in [0.25, 0.3) is 10.9 Å². The van der Waals surface area contributed by atoms with Crippen LogP contribution in [0.4, 0.5) is 5.82 Å². The van der Waals surface area contributed by atoms with E-state index in [1.807, 2.05) is 42.5 Å². The minimum atomic E-state index is -0.706. The van der Waals surface area contributed by atoms with Gasteiger partial charge in [-0.05, 0) is 30.8 Å². The number of fused-ring (bicyclic) bond motifs is 1. The highest BCUT2D eigenvalue weighted by Gasteiger charge is 2.10. The molecule has 7 nitrogen and oxygen atoms in total. The number of nitrogens with zero attached hydrogens (tertiary/aromatic N) is 2. The Bertz CT molecular complexity index is 888. The van der Waals surface area contributed by atoms with Crippen molar-refractivity contribution < 1.29 is 14.6 Å². The third kappa shape index (κ3) is 5.06. The summed E-state index contributed by atoms with van der Waals surface area (Å²) < 4.78 is 10.8. The number of aliphatic hydroxyl groups is 1. The molecule has 0 amide bonds. The van der Waals surface area contributed by atoms with Crippen molar-refractivity contribution >= 4 is 16.7 Å². The van der Waals surface area contributed by atoms with E-state index in [0.29, 0.717) is 42.7 Å². The number of aliphatic hydroxyl groups excluding tert-OH is 1. The monoisotopic (exact) mass is 368 g/mol. The largest absolute Gasteiger partial charge is 0.497 e. The molecule has 3 rings (SSSR count). The van der Waals surface area contributed by atoms with E-state index in [4.69, 9.17) is 15.2 Å². The summed E-state index contributed by atoms with van der Waals surface area (Å²) in [5, 5.41) is 14.4. The summed E-state index contributed by atoms with van der Waals surface area (Å²) >= 11 is 0. The van der Waals surface area contributed by atoms with E-state index in [-0.39, 0.29) is 6.61 Å². The summed E-state index contributed by atoms with van der Waals surface area (Å²) in [5.41, 5.74) is 6.47. The van der Waals surface area contributed by atoms with E-state index in [2.05, 4.69) is 15.3 Å². The van der Waals surface area contributed by atoms with Crippen LogP contribution >= 0.6 is 0 Å². The molecule has 0 aliphatic rings. The molecule has 142 valence electrons. The minimum absolute atomic E-state index is 0.152. The van der Waals surface area contributed by atoms with Crippen LogP contribution in [0.1, 0.15) is 5.82 Å². The second-order valence-electron chi connectivity index (χ2n) is 6.07. The quantitative estimate of drug-likeness (QED) is 0.531. The molecule has 0 spiro atoms. The van der Waals surface area contributed by atoms with E-state index in [1.165, 1.54) is 0 Å². The number of benzene rings is 2. The maximum atomic E-state index is 10.3. The van der Waals surface area contributed by atoms with Crippen molar-refractivity contribution in [2.24, 2.45) is 5.73 Å². The predicted octanol–water partition coefficient (Wildman–Crippen LogP) is 1.99. The van der Waals surface area contributed by atoms with Gasteiger partial charge in [0, 0.05) is 24.4 Å². The fourth-order valence-corrected chi connectivity index (χ4v) is 2.66. The van der Waals surface area contributed by atoms with Gasteiger partial charge in [0.1, 0.15) is 35.9 Å². The number of ether oxygens (including phenoxy) is 2. The van der Waals surface area contributed by atoms with Crippen molar-refractivity contribution in [3.05, 3.63) is 54.4 Å². The molecule has 0 bridgehead atoms. The Kier molecular flexibility index (Phi) is 6.40. The first-order chi connectivity index (χ1) is 13.2. The molecule has 7 heteroatoms. The molecule has 0 fully saturated rings. The molecule has 0 aliphatic heterocycles. The molecule has 27 heavy (non-hydrogen) atoms. The van der Waals surface area contributed by atoms with Gasteiger partial charge in [-0.15, -0.1) is 0 Å². The molecule has 3 aromatic rings. The molecule has 1 atom stereocenters. The molecule has 0 radical (unpaired) electrons. The highest BCUT2D eigenvalue weighted by atomic mass is 16.5. The standard InChI is InChI=1S/C20H24N4O3/c1-26-15-5-4-6-16(11-15)27-13-14(25)12-22-20-17-7-2-3-8-18(17)23-19(24-20)9-10-21/h2-8,11,14,25H,9-10,12-13,21H2,1H3,(H,22,23,24)/t14-/m1/s1. The van der Waals surface area contributed by atoms with Crippen LogP contribution in [0.3, 0.4) is 0 Å². The Balaban J connectivity index is 1.63. The van der Waals surface area contributed by atoms with Gasteiger partial charge < -0.3 is 25.6 Å². The average Bonchev–Trinajstić information content (AvgIpc) is 2.71. The first-order valence-electron chi connectivity index (χ1n) is 8.84. The third-order valence-corrected chi connectivity index (χ3v) is 4.01. The molecule has 1 aromatic heterocycles. The molecule has 0 saturated heterocycles. The average molecular weight is 368 g/mol. The Morgan fingerprint density at radius 2 is 1.93 bits per heavy atom. The fraction of sp³-hybridized carbons (Fsp3) is 0.300. The summed E-state index contributed by atoms with van der Waals surface area (Å²) in [5.74, 6) is 2.72. The normalized spacial score (nSPS) is 12.0. The van der Waals surface area contributed by atoms with Crippen molar-refractivity contribution in [3.63, 3.8) is 0 Å². The molecular formula is C20H24N4O3. The number of hydrogen-bond acceptors (Lipinski definition) is 7. The lowest BCUT2D eigenvalue weighted by Crippen LogP contribution is -2.27. The minimum Gasteiger partial charge on any atom is -0.497 e. The third-order valence-electron chi connectivity index (χ3n) is 4.01. The molecule has 0 aliphatic carbocycles. The fourth-order valence-electron chi connectivity index (χ4n) is 2.66. The second kappa shape index (κ2) is 9.16. The Labute approximate surface area is 158 Å². The van der Waals surface area contributed by atoms with Crippen LogP contribution in [0.5, 0.6) is 11.5 Å². The highest BCUT2D eigenvalue weighted by Crippen LogP contribution is 2.21. The second-order valence-corrected chi connectivity index (χ2v) is 6.07. The van der Waals surface area contributed by atoms with Gasteiger partial charge in [-0.3, -0.25) is 0 Å². The topological polar surface area (TPSA) is 103 Å². The number of rotatable bonds is 9. The van der Waals surface area contributed by atoms with Crippen molar-refractivity contribution in [1.29, 1.82) is 0 Å². The lowest BCUT2D eigenvalue weighted by atomic mass is 10.2. The number of aromatic nitrogens is 2. The van der Waals surface area contributed by atoms with Crippen LogP contribution in [0.2, 0.25) is 0 Å². The van der Waals surface area contributed by atoms with Gasteiger partial charge in [0.05, 0.1) is 12.6 Å². The summed E-state index contributed by atoms with van der Waals surface area (Å²) in [6.07, 6.45) is -0.107. The smallest absolute Gasteiger partial charge is 0.137 e. The maximum absolute atomic E-state index is 10.3. The van der Waals surface area contributed by atoms with Crippen LogP contribution < -0.4 is 20.5 Å². The summed E-state index contributed by atoms with van der Waals surface area (Å²) in [6.45, 7) is 0.931. The lowest BCUT2D eigenvalue weighted by Gasteiger charge is -2.15. The van der Waals surface area contributed by atoms with Gasteiger partial charge in [-0.25, -0.2) is 9.97 Å². The Hall–Kier alpha value is -2.90. The van der Waals surface area contributed by atoms with Crippen LogP contribution in [-0.4, -0.2) is 48.0 Å². The van der Waals surface area contributed by atoms with Crippen molar-refractivity contribution in [1.82, 2.24) is 9.97 Å². The van der Waals surface area contributed by atoms with Crippen LogP contribution in [0, 0.1) is 0 Å². The van der Waals surface area contributed by atoms with E-state index in [9.17, 15) is 5.11 Å². The zero-order valence-corrected chi connectivity index (χ0v) is 15.3. The molecule has 4 N–H and O–H groups in total. The van der Waals surface area contributed by atoms with Crippen LogP contribution in [-0.2, 0) is 6.42 Å². The molecule has 0 saturated carbocycles. The van der Waals surface area contributed by atoms with Gasteiger partial charge in [0.2, 0.25) is 0 Å². The predicted molar refractivity (Wildman–Crippen MR) is 105 cm³/mol. The van der Waals surface area contributed by atoms with Crippen molar-refractivity contribution in [3.8, 4) is 11.5 Å². The van der Waals surface area contributed by atoms with Gasteiger partial charge in [0.15, 0.2) is 0 Å². The number of nitrogens with two attached hydrogens (primary N) is 1. The van der Waals surface area contributed by atoms with Gasteiger partial charge >= 0.3 is 0 Å². The van der Waals surface area contributed by atoms with Gasteiger partial charge in [-0.1, -0.05) is 18.2 Å². The van der Waals surface area contributed by atoms with Gasteiger partial charge in [-0.2, -0.15) is 0 Å². The summed E-state index contributed by atoms with van der Waals surface area (Å²) in [6, 6.07) is 15.0. The zero-order chi connectivity index (χ0) is 19.1. The van der Waals surface area contributed by atoms with E-state index >= 15 is 0 Å². The lowest BCUT2D eigenvalue weighted by molar-refractivity contribution is 0.117. The molecule has 2 aromatic carbocycles. The molecular weight excluding hydrogens is 344 g/mol. The first kappa shape index (κ1) is 18.9. The number of anilines is 1. The maximum Gasteiger partial charge on any atom is 0.137 e. The number of para-hydroxylation sites is 1. The molecule has 1 heterocycles.